The first-order chi connectivity index (χ1) is 7.92. The summed E-state index contributed by atoms with van der Waals surface area (Å²) in [7, 11) is 0. The monoisotopic (exact) mass is 216 g/mol. The minimum Gasteiger partial charge on any atom is -0.310 e. The molecule has 0 saturated heterocycles. The van der Waals surface area contributed by atoms with Crippen molar-refractivity contribution in [2.45, 2.75) is 51.4 Å². The summed E-state index contributed by atoms with van der Waals surface area (Å²) in [5.74, 6) is 0. The van der Waals surface area contributed by atoms with E-state index in [0.717, 1.165) is 25.7 Å². The molecule has 0 radical (unpaired) electrons. The molecule has 1 aliphatic heterocycles. The Hall–Kier alpha value is -0.860. The summed E-state index contributed by atoms with van der Waals surface area (Å²) >= 11 is 0. The Bertz CT molecular complexity index is 367. The van der Waals surface area contributed by atoms with Gasteiger partial charge in [-0.25, -0.2) is 0 Å². The van der Waals surface area contributed by atoms with Crippen LogP contribution in [0.5, 0.6) is 0 Å². The molecule has 0 amide bonds. The molecule has 0 bridgehead atoms. The van der Waals surface area contributed by atoms with Crippen molar-refractivity contribution in [3.8, 4) is 0 Å². The van der Waals surface area contributed by atoms with E-state index in [9.17, 15) is 0 Å². The fourth-order valence-corrected chi connectivity index (χ4v) is 2.85. The van der Waals surface area contributed by atoms with Crippen LogP contribution in [-0.4, -0.2) is 6.04 Å². The van der Waals surface area contributed by atoms with E-state index in [-0.39, 0.29) is 0 Å². The average Bonchev–Trinajstić information content (AvgIpc) is 2.97. The maximum Gasteiger partial charge on any atom is 0.0212 e. The molecule has 2 nitrogen and oxygen atoms in total. The molecule has 16 heavy (non-hydrogen) atoms. The van der Waals surface area contributed by atoms with Crippen molar-refractivity contribution in [2.75, 3.05) is 0 Å². The van der Waals surface area contributed by atoms with Crippen LogP contribution < -0.4 is 10.6 Å². The summed E-state index contributed by atoms with van der Waals surface area (Å²) < 4.78 is 0. The molecule has 0 spiro atoms. The predicted molar refractivity (Wildman–Crippen MR) is 66.1 cm³/mol. The molecule has 1 fully saturated rings. The Kier molecular flexibility index (Phi) is 2.94. The molecule has 2 N–H and O–H groups in total. The summed E-state index contributed by atoms with van der Waals surface area (Å²) in [6.07, 6.45) is 5.55. The standard InChI is InChI=1S/C14H20N2/c1-2-4-14(3-1)16-8-11-5-6-12-9-15-10-13(12)7-11/h5-7,14-16H,1-4,8-10H2. The zero-order valence-electron chi connectivity index (χ0n) is 9.76. The van der Waals surface area contributed by atoms with Crippen molar-refractivity contribution in [3.05, 3.63) is 34.9 Å². The minimum atomic E-state index is 0.770. The number of hydrogen-bond donors (Lipinski definition) is 2. The second kappa shape index (κ2) is 4.56. The maximum absolute atomic E-state index is 3.67. The third kappa shape index (κ3) is 2.13. The topological polar surface area (TPSA) is 24.1 Å². The van der Waals surface area contributed by atoms with E-state index in [0.29, 0.717) is 0 Å². The molecule has 1 aliphatic carbocycles. The fraction of sp³-hybridized carbons (Fsp3) is 0.571. The van der Waals surface area contributed by atoms with Crippen molar-refractivity contribution >= 4 is 0 Å². The third-order valence-electron chi connectivity index (χ3n) is 3.85. The van der Waals surface area contributed by atoms with Crippen molar-refractivity contribution in [2.24, 2.45) is 0 Å². The molecular weight excluding hydrogens is 196 g/mol. The van der Waals surface area contributed by atoms with Gasteiger partial charge < -0.3 is 10.6 Å². The summed E-state index contributed by atoms with van der Waals surface area (Å²) in [6.45, 7) is 3.14. The lowest BCUT2D eigenvalue weighted by molar-refractivity contribution is 0.524. The molecule has 1 heterocycles. The highest BCUT2D eigenvalue weighted by atomic mass is 14.9. The Morgan fingerprint density at radius 1 is 1.12 bits per heavy atom. The van der Waals surface area contributed by atoms with Crippen molar-refractivity contribution in [1.82, 2.24) is 10.6 Å². The number of rotatable bonds is 3. The molecule has 1 aromatic carbocycles. The van der Waals surface area contributed by atoms with Gasteiger partial charge in [0.15, 0.2) is 0 Å². The Labute approximate surface area is 97.4 Å². The molecule has 0 aromatic heterocycles. The van der Waals surface area contributed by atoms with E-state index in [2.05, 4.69) is 28.8 Å². The van der Waals surface area contributed by atoms with E-state index < -0.39 is 0 Å². The predicted octanol–water partition coefficient (Wildman–Crippen LogP) is 2.32. The second-order valence-corrected chi connectivity index (χ2v) is 5.07. The summed E-state index contributed by atoms with van der Waals surface area (Å²) in [5.41, 5.74) is 4.41. The molecule has 2 heteroatoms. The van der Waals surface area contributed by atoms with Crippen LogP contribution in [0.15, 0.2) is 18.2 Å². The molecule has 3 rings (SSSR count). The van der Waals surface area contributed by atoms with E-state index in [1.165, 1.54) is 42.4 Å². The SMILES string of the molecule is c1cc2c(cc1CNC1CCCC1)CNC2. The minimum absolute atomic E-state index is 0.770. The van der Waals surface area contributed by atoms with Gasteiger partial charge in [-0.15, -0.1) is 0 Å². The lowest BCUT2D eigenvalue weighted by atomic mass is 10.1. The fourth-order valence-electron chi connectivity index (χ4n) is 2.85. The summed E-state index contributed by atoms with van der Waals surface area (Å²) in [4.78, 5) is 0. The Morgan fingerprint density at radius 3 is 2.81 bits per heavy atom. The number of fused-ring (bicyclic) bond motifs is 1. The molecule has 0 unspecified atom stereocenters. The van der Waals surface area contributed by atoms with Gasteiger partial charge in [-0.05, 0) is 29.5 Å². The van der Waals surface area contributed by atoms with Gasteiger partial charge in [0.1, 0.15) is 0 Å². The lowest BCUT2D eigenvalue weighted by Crippen LogP contribution is -2.25. The normalized spacial score (nSPS) is 20.2. The van der Waals surface area contributed by atoms with Gasteiger partial charge in [0, 0.05) is 25.7 Å². The summed E-state index contributed by atoms with van der Waals surface area (Å²) in [6, 6.07) is 7.68. The first kappa shape index (κ1) is 10.3. The van der Waals surface area contributed by atoms with Gasteiger partial charge in [0.05, 0.1) is 0 Å². The second-order valence-electron chi connectivity index (χ2n) is 5.07. The van der Waals surface area contributed by atoms with Gasteiger partial charge in [0.2, 0.25) is 0 Å². The van der Waals surface area contributed by atoms with E-state index >= 15 is 0 Å². The highest BCUT2D eigenvalue weighted by Crippen LogP contribution is 2.20. The average molecular weight is 216 g/mol. The molecule has 86 valence electrons. The van der Waals surface area contributed by atoms with Crippen LogP contribution in [0.3, 0.4) is 0 Å². The van der Waals surface area contributed by atoms with Crippen LogP contribution in [0.25, 0.3) is 0 Å². The molecule has 0 atom stereocenters. The van der Waals surface area contributed by atoms with E-state index in [4.69, 9.17) is 0 Å². The van der Waals surface area contributed by atoms with Gasteiger partial charge >= 0.3 is 0 Å². The smallest absolute Gasteiger partial charge is 0.0212 e. The third-order valence-corrected chi connectivity index (χ3v) is 3.85. The largest absolute Gasteiger partial charge is 0.310 e. The maximum atomic E-state index is 3.67. The lowest BCUT2D eigenvalue weighted by Gasteiger charge is -2.12. The summed E-state index contributed by atoms with van der Waals surface area (Å²) in [5, 5.41) is 7.06. The molecule has 2 aliphatic rings. The van der Waals surface area contributed by atoms with Gasteiger partial charge in [-0.1, -0.05) is 31.0 Å². The molecular formula is C14H20N2. The number of hydrogen-bond acceptors (Lipinski definition) is 2. The van der Waals surface area contributed by atoms with Crippen molar-refractivity contribution in [3.63, 3.8) is 0 Å². The number of benzene rings is 1. The highest BCUT2D eigenvalue weighted by molar-refractivity contribution is 5.34. The first-order valence-corrected chi connectivity index (χ1v) is 6.46. The Balaban J connectivity index is 1.61. The molecule has 1 saturated carbocycles. The zero-order valence-corrected chi connectivity index (χ0v) is 9.76. The van der Waals surface area contributed by atoms with Crippen LogP contribution in [0.2, 0.25) is 0 Å². The van der Waals surface area contributed by atoms with E-state index in [1.54, 1.807) is 0 Å². The van der Waals surface area contributed by atoms with Crippen LogP contribution in [0.1, 0.15) is 42.4 Å². The van der Waals surface area contributed by atoms with Gasteiger partial charge in [0.25, 0.3) is 0 Å². The first-order valence-electron chi connectivity index (χ1n) is 6.46. The zero-order chi connectivity index (χ0) is 10.8. The van der Waals surface area contributed by atoms with Crippen LogP contribution in [-0.2, 0) is 19.6 Å². The molecule has 1 aromatic rings. The quantitative estimate of drug-likeness (QED) is 0.810. The van der Waals surface area contributed by atoms with E-state index in [1.807, 2.05) is 0 Å². The van der Waals surface area contributed by atoms with Gasteiger partial charge in [-0.3, -0.25) is 0 Å². The Morgan fingerprint density at radius 2 is 1.94 bits per heavy atom. The van der Waals surface area contributed by atoms with Gasteiger partial charge in [-0.2, -0.15) is 0 Å². The van der Waals surface area contributed by atoms with Crippen LogP contribution >= 0.6 is 0 Å². The highest BCUT2D eigenvalue weighted by Gasteiger charge is 2.14. The van der Waals surface area contributed by atoms with Crippen LogP contribution in [0, 0.1) is 0 Å². The number of nitrogens with one attached hydrogen (secondary N) is 2. The van der Waals surface area contributed by atoms with Crippen molar-refractivity contribution in [1.29, 1.82) is 0 Å². The van der Waals surface area contributed by atoms with Crippen LogP contribution in [0.4, 0.5) is 0 Å². The van der Waals surface area contributed by atoms with Crippen molar-refractivity contribution < 1.29 is 0 Å².